The minimum atomic E-state index is -4.67. The van der Waals surface area contributed by atoms with Gasteiger partial charge in [0.25, 0.3) is 0 Å². The third-order valence-electron chi connectivity index (χ3n) is 0. The maximum Gasteiger partial charge on any atom is 0.394 e. The molecule has 0 aliphatic rings. The predicted molar refractivity (Wildman–Crippen MR) is 19.9 cm³/mol. The van der Waals surface area contributed by atoms with E-state index in [0.717, 1.165) is 0 Å². The standard InChI is InChI=1S/Ni.H2O4S.Tl/c;1-5(2,3)4;/h;(H2,1,2,3,4);. The second-order valence-corrected chi connectivity index (χ2v) is 1.34. The Morgan fingerprint density at radius 1 is 1.14 bits per heavy atom. The zero-order valence-corrected chi connectivity index (χ0v) is 9.31. The molecule has 0 saturated heterocycles. The van der Waals surface area contributed by atoms with E-state index < -0.39 is 10.4 Å². The van der Waals surface area contributed by atoms with Crippen LogP contribution in [-0.2, 0) is 26.9 Å². The van der Waals surface area contributed by atoms with Gasteiger partial charge in [0.05, 0.1) is 0 Å². The molecule has 0 heterocycles. The molecule has 0 rings (SSSR count). The van der Waals surface area contributed by atoms with Crippen molar-refractivity contribution in [3.8, 4) is 0 Å². The van der Waals surface area contributed by atoms with Crippen molar-refractivity contribution >= 4 is 37.7 Å². The van der Waals surface area contributed by atoms with Gasteiger partial charge in [-0.15, -0.1) is 0 Å². The first-order chi connectivity index (χ1) is 2.00. The molecule has 0 aromatic rings. The summed E-state index contributed by atoms with van der Waals surface area (Å²) in [5, 5.41) is 0. The van der Waals surface area contributed by atoms with Crippen molar-refractivity contribution in [1.82, 2.24) is 0 Å². The molecular weight excluding hydrogens is 359 g/mol. The van der Waals surface area contributed by atoms with Crippen molar-refractivity contribution in [2.75, 3.05) is 0 Å². The van der Waals surface area contributed by atoms with Gasteiger partial charge in [-0.2, -0.15) is 8.42 Å². The largest absolute Gasteiger partial charge is 0.394 e. The Labute approximate surface area is 71.3 Å². The van der Waals surface area contributed by atoms with Crippen molar-refractivity contribution in [3.05, 3.63) is 0 Å². The first-order valence-electron chi connectivity index (χ1n) is 0.698. The van der Waals surface area contributed by atoms with E-state index in [4.69, 9.17) is 17.5 Å². The molecule has 0 aromatic carbocycles. The zero-order valence-electron chi connectivity index (χ0n) is 3.01. The summed E-state index contributed by atoms with van der Waals surface area (Å²) < 4.78 is 31.6. The van der Waals surface area contributed by atoms with Gasteiger partial charge in [0.1, 0.15) is 0 Å². The summed E-state index contributed by atoms with van der Waals surface area (Å²) in [7, 11) is -4.67. The van der Waals surface area contributed by atoms with Gasteiger partial charge in [-0.1, -0.05) is 0 Å². The van der Waals surface area contributed by atoms with Gasteiger partial charge >= 0.3 is 10.4 Å². The molecule has 0 saturated carbocycles. The van der Waals surface area contributed by atoms with Crippen LogP contribution in [0.3, 0.4) is 0 Å². The molecule has 1 radical (unpaired) electrons. The molecule has 0 fully saturated rings. The van der Waals surface area contributed by atoms with Gasteiger partial charge < -0.3 is 0 Å². The SMILES string of the molecule is O=S(=O)(O)O.[Ni].[Tl]. The summed E-state index contributed by atoms with van der Waals surface area (Å²) in [6.45, 7) is 0. The molecule has 0 amide bonds. The Balaban J connectivity index is -0.0000000800. The molecule has 45 valence electrons. The van der Waals surface area contributed by atoms with Crippen LogP contribution in [-0.4, -0.2) is 44.8 Å². The summed E-state index contributed by atoms with van der Waals surface area (Å²) in [5.41, 5.74) is 0. The predicted octanol–water partition coefficient (Wildman–Crippen LogP) is -1.04. The fourth-order valence-electron chi connectivity index (χ4n) is 0. The van der Waals surface area contributed by atoms with E-state index in [1.165, 1.54) is 0 Å². The van der Waals surface area contributed by atoms with Gasteiger partial charge in [0, 0.05) is 43.8 Å². The molecular formula is H2NiO4STl. The third kappa shape index (κ3) is 123. The Morgan fingerprint density at radius 3 is 1.14 bits per heavy atom. The number of hydrogen-bond acceptors (Lipinski definition) is 2. The molecule has 0 unspecified atom stereocenters. The van der Waals surface area contributed by atoms with Crippen LogP contribution in [0.1, 0.15) is 0 Å². The molecule has 2 N–H and O–H groups in total. The normalized spacial score (nSPS) is 8.29. The van der Waals surface area contributed by atoms with E-state index in [9.17, 15) is 0 Å². The zero-order chi connectivity index (χ0) is 4.50. The minimum Gasteiger partial charge on any atom is -0.264 e. The van der Waals surface area contributed by atoms with E-state index in [2.05, 4.69) is 0 Å². The quantitative estimate of drug-likeness (QED) is 0.427. The van der Waals surface area contributed by atoms with E-state index in [1.807, 2.05) is 0 Å². The summed E-state index contributed by atoms with van der Waals surface area (Å²) in [6.07, 6.45) is 0. The van der Waals surface area contributed by atoms with Crippen molar-refractivity contribution < 1.29 is 34.0 Å². The Bertz CT molecular complexity index is 94.9. The van der Waals surface area contributed by atoms with Crippen LogP contribution in [0.25, 0.3) is 0 Å². The first kappa shape index (κ1) is 15.7. The van der Waals surface area contributed by atoms with Crippen LogP contribution in [0.5, 0.6) is 0 Å². The smallest absolute Gasteiger partial charge is 0.264 e. The van der Waals surface area contributed by atoms with E-state index >= 15 is 0 Å². The summed E-state index contributed by atoms with van der Waals surface area (Å²) in [5.74, 6) is 0. The minimum absolute atomic E-state index is 0. The van der Waals surface area contributed by atoms with Crippen molar-refractivity contribution in [2.45, 2.75) is 0 Å². The van der Waals surface area contributed by atoms with Crippen molar-refractivity contribution in [1.29, 1.82) is 0 Å². The molecule has 0 aliphatic heterocycles. The van der Waals surface area contributed by atoms with Crippen molar-refractivity contribution in [2.24, 2.45) is 0 Å². The number of rotatable bonds is 0. The molecule has 7 heteroatoms. The van der Waals surface area contributed by atoms with Gasteiger partial charge in [-0.25, -0.2) is 0 Å². The molecule has 0 atom stereocenters. The summed E-state index contributed by atoms with van der Waals surface area (Å²) >= 11 is 0. The monoisotopic (exact) mass is 361 g/mol. The van der Waals surface area contributed by atoms with Crippen LogP contribution >= 0.6 is 0 Å². The average molecular weight is 361 g/mol. The Morgan fingerprint density at radius 2 is 1.14 bits per heavy atom. The molecule has 4 nitrogen and oxygen atoms in total. The van der Waals surface area contributed by atoms with E-state index in [0.29, 0.717) is 0 Å². The van der Waals surface area contributed by atoms with E-state index in [-0.39, 0.29) is 43.8 Å². The molecule has 0 bridgehead atoms. The Hall–Kier alpha value is 1.29. The van der Waals surface area contributed by atoms with Crippen LogP contribution in [0.2, 0.25) is 0 Å². The van der Waals surface area contributed by atoms with Crippen LogP contribution < -0.4 is 0 Å². The topological polar surface area (TPSA) is 74.6 Å². The molecule has 0 aliphatic carbocycles. The van der Waals surface area contributed by atoms with Crippen LogP contribution in [0.15, 0.2) is 0 Å². The van der Waals surface area contributed by atoms with Crippen molar-refractivity contribution in [3.63, 3.8) is 0 Å². The maximum atomic E-state index is 8.74. The summed E-state index contributed by atoms with van der Waals surface area (Å²) in [6, 6.07) is 0. The fourth-order valence-corrected chi connectivity index (χ4v) is 0. The third-order valence-corrected chi connectivity index (χ3v) is 0. The van der Waals surface area contributed by atoms with Crippen LogP contribution in [0.4, 0.5) is 0 Å². The maximum absolute atomic E-state index is 8.74. The molecule has 0 aromatic heterocycles. The summed E-state index contributed by atoms with van der Waals surface area (Å²) in [4.78, 5) is 0. The second-order valence-electron chi connectivity index (χ2n) is 0.448. The van der Waals surface area contributed by atoms with Gasteiger partial charge in [0.15, 0.2) is 0 Å². The molecule has 7 heavy (non-hydrogen) atoms. The van der Waals surface area contributed by atoms with E-state index in [1.54, 1.807) is 0 Å². The average Bonchev–Trinajstić information content (AvgIpc) is 0.722. The van der Waals surface area contributed by atoms with Gasteiger partial charge in [-0.05, 0) is 0 Å². The molecule has 0 spiro atoms. The fraction of sp³-hybridized carbons (Fsp3) is 0. The second kappa shape index (κ2) is 5.42. The van der Waals surface area contributed by atoms with Crippen LogP contribution in [0, 0.1) is 0 Å². The van der Waals surface area contributed by atoms with Gasteiger partial charge in [-0.3, -0.25) is 9.11 Å². The van der Waals surface area contributed by atoms with Gasteiger partial charge in [0.2, 0.25) is 0 Å². The Kier molecular flexibility index (Phi) is 12.2. The number of hydrogen-bond donors (Lipinski definition) is 2. The first-order valence-corrected chi connectivity index (χ1v) is 2.10.